The summed E-state index contributed by atoms with van der Waals surface area (Å²) in [5.41, 5.74) is 1.93. The number of carbonyl (C=O) groups excluding carboxylic acids is 2. The van der Waals surface area contributed by atoms with Gasteiger partial charge in [0, 0.05) is 37.7 Å². The summed E-state index contributed by atoms with van der Waals surface area (Å²) in [5.74, 6) is -0.232. The molecule has 2 amide bonds. The molecule has 0 saturated carbocycles. The minimum atomic E-state index is -0.276. The zero-order valence-electron chi connectivity index (χ0n) is 15.1. The molecule has 1 aliphatic heterocycles. The van der Waals surface area contributed by atoms with Crippen molar-refractivity contribution in [2.24, 2.45) is 5.92 Å². The molecule has 0 unspecified atom stereocenters. The van der Waals surface area contributed by atoms with Gasteiger partial charge in [-0.05, 0) is 36.1 Å². The first-order chi connectivity index (χ1) is 12.6. The number of amides is 2. The summed E-state index contributed by atoms with van der Waals surface area (Å²) >= 11 is 1.70. The summed E-state index contributed by atoms with van der Waals surface area (Å²) in [4.78, 5) is 33.9. The lowest BCUT2D eigenvalue weighted by molar-refractivity contribution is -0.135. The fourth-order valence-electron chi connectivity index (χ4n) is 3.17. The molecule has 0 radical (unpaired) electrons. The number of hydrogen-bond acceptors (Lipinski definition) is 4. The van der Waals surface area contributed by atoms with Crippen LogP contribution >= 0.6 is 11.8 Å². The third kappa shape index (κ3) is 4.43. The van der Waals surface area contributed by atoms with Crippen LogP contribution in [0, 0.1) is 5.92 Å². The van der Waals surface area contributed by atoms with Crippen molar-refractivity contribution in [2.75, 3.05) is 19.8 Å². The standard InChI is InChI=1S/C20H23N3O2S/c1-22(12-15-6-8-18(26-2)9-7-15)20(25)16-11-19(24)23(13-16)14-17-5-3-4-10-21-17/h3-10,16H,11-14H2,1-2H3/t16-/m1/s1. The molecular weight excluding hydrogens is 346 g/mol. The van der Waals surface area contributed by atoms with Crippen LogP contribution in [0.2, 0.25) is 0 Å². The van der Waals surface area contributed by atoms with Crippen LogP contribution in [0.1, 0.15) is 17.7 Å². The van der Waals surface area contributed by atoms with Crippen LogP contribution in [0.5, 0.6) is 0 Å². The smallest absolute Gasteiger partial charge is 0.228 e. The SMILES string of the molecule is CSc1ccc(CN(C)C(=O)[C@@H]2CC(=O)N(Cc3ccccn3)C2)cc1. The van der Waals surface area contributed by atoms with E-state index in [1.54, 1.807) is 34.8 Å². The van der Waals surface area contributed by atoms with Gasteiger partial charge in [-0.1, -0.05) is 18.2 Å². The van der Waals surface area contributed by atoms with Gasteiger partial charge in [0.25, 0.3) is 0 Å². The van der Waals surface area contributed by atoms with E-state index in [1.165, 1.54) is 4.90 Å². The molecule has 2 aromatic rings. The molecule has 0 aliphatic carbocycles. The zero-order valence-corrected chi connectivity index (χ0v) is 15.9. The van der Waals surface area contributed by atoms with Crippen LogP contribution in [0.3, 0.4) is 0 Å². The van der Waals surface area contributed by atoms with E-state index in [2.05, 4.69) is 17.1 Å². The molecule has 1 aromatic carbocycles. The van der Waals surface area contributed by atoms with Gasteiger partial charge in [-0.15, -0.1) is 11.8 Å². The molecule has 1 aliphatic rings. The summed E-state index contributed by atoms with van der Waals surface area (Å²) in [7, 11) is 1.80. The fourth-order valence-corrected chi connectivity index (χ4v) is 3.58. The zero-order chi connectivity index (χ0) is 18.5. The monoisotopic (exact) mass is 369 g/mol. The van der Waals surface area contributed by atoms with Crippen molar-refractivity contribution < 1.29 is 9.59 Å². The molecule has 136 valence electrons. The van der Waals surface area contributed by atoms with Crippen LogP contribution in [-0.4, -0.2) is 46.4 Å². The fraction of sp³-hybridized carbons (Fsp3) is 0.350. The molecular formula is C20H23N3O2S. The average molecular weight is 369 g/mol. The van der Waals surface area contributed by atoms with Gasteiger partial charge in [-0.2, -0.15) is 0 Å². The Morgan fingerprint density at radius 3 is 2.69 bits per heavy atom. The summed E-state index contributed by atoms with van der Waals surface area (Å²) in [5, 5.41) is 0. The normalized spacial score (nSPS) is 16.8. The molecule has 1 atom stereocenters. The molecule has 0 spiro atoms. The molecule has 2 heterocycles. The van der Waals surface area contributed by atoms with E-state index in [1.807, 2.05) is 36.6 Å². The second kappa shape index (κ2) is 8.36. The first kappa shape index (κ1) is 18.5. The van der Waals surface area contributed by atoms with E-state index >= 15 is 0 Å². The lowest BCUT2D eigenvalue weighted by Crippen LogP contribution is -2.34. The Balaban J connectivity index is 1.58. The van der Waals surface area contributed by atoms with Crippen LogP contribution < -0.4 is 0 Å². The van der Waals surface area contributed by atoms with E-state index in [0.29, 0.717) is 19.6 Å². The quantitative estimate of drug-likeness (QED) is 0.735. The highest BCUT2D eigenvalue weighted by atomic mass is 32.2. The number of thioether (sulfide) groups is 1. The maximum absolute atomic E-state index is 12.7. The van der Waals surface area contributed by atoms with Crippen molar-refractivity contribution in [3.63, 3.8) is 0 Å². The average Bonchev–Trinajstić information content (AvgIpc) is 3.03. The predicted octanol–water partition coefficient (Wildman–Crippen LogP) is 2.81. The van der Waals surface area contributed by atoms with Gasteiger partial charge in [-0.3, -0.25) is 14.6 Å². The van der Waals surface area contributed by atoms with Crippen molar-refractivity contribution in [1.29, 1.82) is 0 Å². The van der Waals surface area contributed by atoms with Crippen LogP contribution in [0.15, 0.2) is 53.6 Å². The number of pyridine rings is 1. The lowest BCUT2D eigenvalue weighted by Gasteiger charge is -2.21. The molecule has 1 aromatic heterocycles. The van der Waals surface area contributed by atoms with Crippen LogP contribution in [0.4, 0.5) is 0 Å². The maximum atomic E-state index is 12.7. The lowest BCUT2D eigenvalue weighted by atomic mass is 10.1. The highest BCUT2D eigenvalue weighted by Gasteiger charge is 2.35. The molecule has 3 rings (SSSR count). The van der Waals surface area contributed by atoms with Crippen molar-refractivity contribution in [2.45, 2.75) is 24.4 Å². The van der Waals surface area contributed by atoms with Crippen LogP contribution in [0.25, 0.3) is 0 Å². The largest absolute Gasteiger partial charge is 0.341 e. The molecule has 26 heavy (non-hydrogen) atoms. The second-order valence-corrected chi connectivity index (χ2v) is 7.42. The minimum Gasteiger partial charge on any atom is -0.341 e. The van der Waals surface area contributed by atoms with Crippen molar-refractivity contribution >= 4 is 23.6 Å². The molecule has 5 nitrogen and oxygen atoms in total. The summed E-state index contributed by atoms with van der Waals surface area (Å²) in [6.45, 7) is 1.48. The summed E-state index contributed by atoms with van der Waals surface area (Å²) in [6.07, 6.45) is 4.04. The van der Waals surface area contributed by atoms with E-state index in [0.717, 1.165) is 11.3 Å². The molecule has 0 N–H and O–H groups in total. The van der Waals surface area contributed by atoms with Crippen molar-refractivity contribution in [1.82, 2.24) is 14.8 Å². The number of nitrogens with zero attached hydrogens (tertiary/aromatic N) is 3. The van der Waals surface area contributed by atoms with Gasteiger partial charge in [0.2, 0.25) is 11.8 Å². The highest BCUT2D eigenvalue weighted by Crippen LogP contribution is 2.22. The third-order valence-corrected chi connectivity index (χ3v) is 5.34. The third-order valence-electron chi connectivity index (χ3n) is 4.60. The van der Waals surface area contributed by atoms with Gasteiger partial charge in [0.05, 0.1) is 18.2 Å². The first-order valence-electron chi connectivity index (χ1n) is 8.62. The van der Waals surface area contributed by atoms with E-state index < -0.39 is 0 Å². The Morgan fingerprint density at radius 2 is 2.04 bits per heavy atom. The number of benzene rings is 1. The Hall–Kier alpha value is -2.34. The molecule has 1 fully saturated rings. The van der Waals surface area contributed by atoms with Gasteiger partial charge in [0.15, 0.2) is 0 Å². The van der Waals surface area contributed by atoms with Gasteiger partial charge in [0.1, 0.15) is 0 Å². The number of likely N-dealkylation sites (tertiary alicyclic amines) is 1. The maximum Gasteiger partial charge on any atom is 0.228 e. The molecule has 1 saturated heterocycles. The highest BCUT2D eigenvalue weighted by molar-refractivity contribution is 7.98. The van der Waals surface area contributed by atoms with E-state index in [4.69, 9.17) is 0 Å². The van der Waals surface area contributed by atoms with Gasteiger partial charge >= 0.3 is 0 Å². The minimum absolute atomic E-state index is 0.0201. The number of aromatic nitrogens is 1. The van der Waals surface area contributed by atoms with Gasteiger partial charge in [-0.25, -0.2) is 0 Å². The van der Waals surface area contributed by atoms with Crippen molar-refractivity contribution in [3.8, 4) is 0 Å². The molecule has 6 heteroatoms. The van der Waals surface area contributed by atoms with E-state index in [9.17, 15) is 9.59 Å². The number of hydrogen-bond donors (Lipinski definition) is 0. The van der Waals surface area contributed by atoms with Crippen molar-refractivity contribution in [3.05, 3.63) is 59.9 Å². The number of carbonyl (C=O) groups is 2. The predicted molar refractivity (Wildman–Crippen MR) is 102 cm³/mol. The topological polar surface area (TPSA) is 53.5 Å². The second-order valence-electron chi connectivity index (χ2n) is 6.54. The Morgan fingerprint density at radius 1 is 1.27 bits per heavy atom. The number of rotatable bonds is 6. The molecule has 0 bridgehead atoms. The Labute approximate surface area is 158 Å². The van der Waals surface area contributed by atoms with Crippen LogP contribution in [-0.2, 0) is 22.7 Å². The van der Waals surface area contributed by atoms with E-state index in [-0.39, 0.29) is 24.2 Å². The Kier molecular flexibility index (Phi) is 5.93. The first-order valence-corrected chi connectivity index (χ1v) is 9.85. The van der Waals surface area contributed by atoms with Gasteiger partial charge < -0.3 is 9.80 Å². The summed E-state index contributed by atoms with van der Waals surface area (Å²) < 4.78 is 0. The Bertz CT molecular complexity index is 764. The summed E-state index contributed by atoms with van der Waals surface area (Å²) in [6, 6.07) is 13.9.